The maximum Gasteiger partial charge on any atom is 0.0897 e. The van der Waals surface area contributed by atoms with Crippen molar-refractivity contribution >= 4 is 32.8 Å². The number of nitrogens with one attached hydrogen (secondary N) is 1. The number of nitrogens with zero attached hydrogens (tertiary/aromatic N) is 1. The van der Waals surface area contributed by atoms with Gasteiger partial charge in [-0.25, -0.2) is 4.98 Å². The van der Waals surface area contributed by atoms with Crippen molar-refractivity contribution in [2.24, 2.45) is 0 Å². The second-order valence-corrected chi connectivity index (χ2v) is 7.04. The molecule has 1 N–H and O–H groups in total. The lowest BCUT2D eigenvalue weighted by molar-refractivity contribution is 0.608. The number of rotatable bonds is 5. The van der Waals surface area contributed by atoms with Crippen molar-refractivity contribution in [3.05, 3.63) is 51.3 Å². The highest BCUT2D eigenvalue weighted by atomic mass is 32.1. The van der Waals surface area contributed by atoms with Crippen LogP contribution in [0.5, 0.6) is 0 Å². The Labute approximate surface area is 127 Å². The van der Waals surface area contributed by atoms with Crippen molar-refractivity contribution < 1.29 is 0 Å². The fourth-order valence-corrected chi connectivity index (χ4v) is 4.23. The summed E-state index contributed by atoms with van der Waals surface area (Å²) in [4.78, 5) is 5.72. The largest absolute Gasteiger partial charge is 0.306 e. The summed E-state index contributed by atoms with van der Waals surface area (Å²) in [5.41, 5.74) is 1.37. The Balaban J connectivity index is 2.06. The molecule has 4 heteroatoms. The van der Waals surface area contributed by atoms with Crippen LogP contribution < -0.4 is 5.32 Å². The summed E-state index contributed by atoms with van der Waals surface area (Å²) in [7, 11) is 0. The van der Waals surface area contributed by atoms with Crippen molar-refractivity contribution in [3.63, 3.8) is 0 Å². The fraction of sp³-hybridized carbons (Fsp3) is 0.312. The Hall–Kier alpha value is -1.23. The van der Waals surface area contributed by atoms with Crippen molar-refractivity contribution in [2.45, 2.75) is 26.3 Å². The van der Waals surface area contributed by atoms with Crippen molar-refractivity contribution in [3.8, 4) is 0 Å². The zero-order valence-corrected chi connectivity index (χ0v) is 13.4. The summed E-state index contributed by atoms with van der Waals surface area (Å²) < 4.78 is 1.38. The minimum Gasteiger partial charge on any atom is -0.306 e. The van der Waals surface area contributed by atoms with Crippen LogP contribution in [0.25, 0.3) is 10.1 Å². The molecule has 0 fully saturated rings. The summed E-state index contributed by atoms with van der Waals surface area (Å²) in [6.07, 6.45) is 3.15. The quantitative estimate of drug-likeness (QED) is 0.735. The van der Waals surface area contributed by atoms with Gasteiger partial charge in [-0.2, -0.15) is 0 Å². The average Bonchev–Trinajstić information content (AvgIpc) is 3.08. The van der Waals surface area contributed by atoms with Crippen LogP contribution in [0.3, 0.4) is 0 Å². The van der Waals surface area contributed by atoms with E-state index in [1.54, 1.807) is 11.3 Å². The van der Waals surface area contributed by atoms with E-state index in [4.69, 9.17) is 0 Å². The van der Waals surface area contributed by atoms with Crippen LogP contribution in [-0.2, 0) is 0 Å². The van der Waals surface area contributed by atoms with Crippen LogP contribution >= 0.6 is 22.7 Å². The molecule has 0 spiro atoms. The highest BCUT2D eigenvalue weighted by molar-refractivity contribution is 7.17. The summed E-state index contributed by atoms with van der Waals surface area (Å²) >= 11 is 3.60. The topological polar surface area (TPSA) is 24.9 Å². The van der Waals surface area contributed by atoms with E-state index < -0.39 is 0 Å². The minimum absolute atomic E-state index is 0.253. The van der Waals surface area contributed by atoms with Gasteiger partial charge in [0.25, 0.3) is 0 Å². The number of benzene rings is 1. The van der Waals surface area contributed by atoms with Crippen molar-refractivity contribution in [2.75, 3.05) is 6.54 Å². The van der Waals surface area contributed by atoms with Gasteiger partial charge >= 0.3 is 0 Å². The third kappa shape index (κ3) is 2.64. The third-order valence-electron chi connectivity index (χ3n) is 3.34. The Morgan fingerprint density at radius 1 is 1.30 bits per heavy atom. The van der Waals surface area contributed by atoms with Crippen molar-refractivity contribution in [1.82, 2.24) is 10.3 Å². The Kier molecular flexibility index (Phi) is 4.15. The summed E-state index contributed by atoms with van der Waals surface area (Å²) in [5, 5.41) is 8.30. The lowest BCUT2D eigenvalue weighted by Gasteiger charge is -2.18. The van der Waals surface area contributed by atoms with Gasteiger partial charge in [-0.3, -0.25) is 0 Å². The molecule has 1 atom stereocenters. The van der Waals surface area contributed by atoms with Gasteiger partial charge in [0.15, 0.2) is 0 Å². The predicted molar refractivity (Wildman–Crippen MR) is 88.8 cm³/mol. The van der Waals surface area contributed by atoms with Gasteiger partial charge in [0.1, 0.15) is 0 Å². The lowest BCUT2D eigenvalue weighted by atomic mass is 10.0. The fourth-order valence-electron chi connectivity index (χ4n) is 2.41. The van der Waals surface area contributed by atoms with E-state index in [0.717, 1.165) is 18.0 Å². The Bertz CT molecular complexity index is 699. The van der Waals surface area contributed by atoms with Gasteiger partial charge in [-0.1, -0.05) is 25.1 Å². The van der Waals surface area contributed by atoms with Crippen molar-refractivity contribution in [1.29, 1.82) is 0 Å². The maximum absolute atomic E-state index is 4.42. The van der Waals surface area contributed by atoms with E-state index in [2.05, 4.69) is 53.8 Å². The van der Waals surface area contributed by atoms with Crippen LogP contribution in [-0.4, -0.2) is 11.5 Å². The van der Waals surface area contributed by atoms with E-state index in [1.165, 1.54) is 20.5 Å². The molecule has 0 aliphatic heterocycles. The molecule has 3 rings (SSSR count). The number of hydrogen-bond donors (Lipinski definition) is 1. The van der Waals surface area contributed by atoms with E-state index in [1.807, 2.05) is 17.5 Å². The molecule has 0 saturated carbocycles. The van der Waals surface area contributed by atoms with E-state index in [0.29, 0.717) is 0 Å². The molecule has 1 aromatic carbocycles. The van der Waals surface area contributed by atoms with Gasteiger partial charge in [0.05, 0.1) is 11.0 Å². The first kappa shape index (κ1) is 13.7. The summed E-state index contributed by atoms with van der Waals surface area (Å²) in [5.74, 6) is 0. The second kappa shape index (κ2) is 6.04. The Morgan fingerprint density at radius 2 is 2.20 bits per heavy atom. The number of thiophene rings is 1. The molecular weight excluding hydrogens is 284 g/mol. The molecule has 104 valence electrons. The van der Waals surface area contributed by atoms with E-state index >= 15 is 0 Å². The minimum atomic E-state index is 0.253. The molecule has 1 unspecified atom stereocenters. The molecule has 0 bridgehead atoms. The SMILES string of the molecule is CCCNC(c1cnc(C)s1)c1cccc2ccsc12. The lowest BCUT2D eigenvalue weighted by Crippen LogP contribution is -2.22. The highest BCUT2D eigenvalue weighted by Crippen LogP contribution is 2.34. The van der Waals surface area contributed by atoms with Crippen LogP contribution in [0.4, 0.5) is 0 Å². The van der Waals surface area contributed by atoms with Crippen LogP contribution in [0.15, 0.2) is 35.8 Å². The summed E-state index contributed by atoms with van der Waals surface area (Å²) in [6.45, 7) is 5.29. The first-order valence-corrected chi connectivity index (χ1v) is 8.61. The van der Waals surface area contributed by atoms with Gasteiger partial charge in [0, 0.05) is 15.8 Å². The predicted octanol–water partition coefficient (Wildman–Crippen LogP) is 4.76. The highest BCUT2D eigenvalue weighted by Gasteiger charge is 2.18. The average molecular weight is 302 g/mol. The number of aryl methyl sites for hydroxylation is 1. The zero-order valence-electron chi connectivity index (χ0n) is 11.7. The molecule has 20 heavy (non-hydrogen) atoms. The number of thiazole rings is 1. The second-order valence-electron chi connectivity index (χ2n) is 4.85. The molecule has 0 aliphatic rings. The first-order chi connectivity index (χ1) is 9.79. The van der Waals surface area contributed by atoms with Gasteiger partial charge in [0.2, 0.25) is 0 Å². The molecule has 2 nitrogen and oxygen atoms in total. The molecule has 0 saturated heterocycles. The van der Waals surface area contributed by atoms with Crippen LogP contribution in [0.2, 0.25) is 0 Å². The molecule has 2 aromatic heterocycles. The Morgan fingerprint density at radius 3 is 2.95 bits per heavy atom. The van der Waals surface area contributed by atoms with Gasteiger partial charge in [-0.05, 0) is 42.3 Å². The van der Waals surface area contributed by atoms with Gasteiger partial charge in [-0.15, -0.1) is 22.7 Å². The third-order valence-corrected chi connectivity index (χ3v) is 5.30. The smallest absolute Gasteiger partial charge is 0.0897 e. The monoisotopic (exact) mass is 302 g/mol. The van der Waals surface area contributed by atoms with E-state index in [9.17, 15) is 0 Å². The molecule has 3 aromatic rings. The van der Waals surface area contributed by atoms with Crippen LogP contribution in [0, 0.1) is 6.92 Å². The normalized spacial score (nSPS) is 12.9. The van der Waals surface area contributed by atoms with Crippen LogP contribution in [0.1, 0.15) is 34.8 Å². The maximum atomic E-state index is 4.42. The number of hydrogen-bond acceptors (Lipinski definition) is 4. The standard InChI is InChI=1S/C16H18N2S2/c1-3-8-17-15(14-10-18-11(2)20-14)13-6-4-5-12-7-9-19-16(12)13/h4-7,9-10,15,17H,3,8H2,1-2H3. The number of fused-ring (bicyclic) bond motifs is 1. The molecule has 0 aliphatic carbocycles. The molecular formula is C16H18N2S2. The zero-order chi connectivity index (χ0) is 13.9. The van der Waals surface area contributed by atoms with E-state index in [-0.39, 0.29) is 6.04 Å². The molecule has 2 heterocycles. The summed E-state index contributed by atoms with van der Waals surface area (Å²) in [6, 6.07) is 9.02. The first-order valence-electron chi connectivity index (χ1n) is 6.91. The molecule has 0 amide bonds. The number of aromatic nitrogens is 1. The molecule has 0 radical (unpaired) electrons. The van der Waals surface area contributed by atoms with Gasteiger partial charge < -0.3 is 5.32 Å².